The molecular formula is C20H21NO3. The molecule has 0 spiro atoms. The van der Waals surface area contributed by atoms with Crippen LogP contribution in [-0.4, -0.2) is 13.1 Å². The maximum absolute atomic E-state index is 11.6. The van der Waals surface area contributed by atoms with E-state index < -0.39 is 0 Å². The summed E-state index contributed by atoms with van der Waals surface area (Å²) in [4.78, 5) is 11.6. The number of methoxy groups -OCH3 is 1. The Hall–Kier alpha value is -3.01. The summed E-state index contributed by atoms with van der Waals surface area (Å²) in [5.74, 6) is 1.07. The molecule has 0 unspecified atom stereocenters. The van der Waals surface area contributed by atoms with Crippen LogP contribution in [-0.2, 0) is 4.74 Å². The summed E-state index contributed by atoms with van der Waals surface area (Å²) >= 11 is 0. The van der Waals surface area contributed by atoms with Crippen LogP contribution in [0.1, 0.15) is 24.2 Å². The lowest BCUT2D eigenvalue weighted by atomic mass is 10.1. The van der Waals surface area contributed by atoms with Crippen LogP contribution in [0.15, 0.2) is 60.7 Å². The van der Waals surface area contributed by atoms with Gasteiger partial charge >= 0.3 is 5.97 Å². The maximum Gasteiger partial charge on any atom is 0.337 e. The highest BCUT2D eigenvalue weighted by molar-refractivity contribution is 5.97. The Bertz CT molecular complexity index is 826. The fraction of sp³-hybridized carbons (Fsp3) is 0.150. The number of nitrogens with two attached hydrogens (primary N) is 1. The molecular weight excluding hydrogens is 302 g/mol. The van der Waals surface area contributed by atoms with Crippen molar-refractivity contribution >= 4 is 22.4 Å². The second-order valence-electron chi connectivity index (χ2n) is 4.85. The van der Waals surface area contributed by atoms with Crippen molar-refractivity contribution in [3.8, 4) is 11.5 Å². The molecule has 0 amide bonds. The molecule has 0 atom stereocenters. The summed E-state index contributed by atoms with van der Waals surface area (Å²) in [5, 5.41) is 1.84. The SMILES string of the molecule is CC.COC(=O)c1ccc2c(Oc3ccc(N)cc3)cccc2c1. The number of hydrogen-bond donors (Lipinski definition) is 1. The highest BCUT2D eigenvalue weighted by Gasteiger charge is 2.09. The first-order valence-electron chi connectivity index (χ1n) is 7.82. The molecule has 0 aromatic heterocycles. The molecule has 4 heteroatoms. The van der Waals surface area contributed by atoms with Crippen molar-refractivity contribution in [1.82, 2.24) is 0 Å². The Labute approximate surface area is 141 Å². The predicted octanol–water partition coefficient (Wildman–Crippen LogP) is 5.03. The highest BCUT2D eigenvalue weighted by atomic mass is 16.5. The van der Waals surface area contributed by atoms with Crippen molar-refractivity contribution < 1.29 is 14.3 Å². The summed E-state index contributed by atoms with van der Waals surface area (Å²) in [5.41, 5.74) is 6.87. The Morgan fingerprint density at radius 1 is 0.958 bits per heavy atom. The molecule has 124 valence electrons. The summed E-state index contributed by atoms with van der Waals surface area (Å²) in [7, 11) is 1.37. The van der Waals surface area contributed by atoms with Gasteiger partial charge in [0.15, 0.2) is 0 Å². The normalized spacial score (nSPS) is 9.79. The molecule has 0 aliphatic carbocycles. The van der Waals surface area contributed by atoms with Crippen LogP contribution < -0.4 is 10.5 Å². The van der Waals surface area contributed by atoms with Crippen molar-refractivity contribution in [3.63, 3.8) is 0 Å². The number of anilines is 1. The number of hydrogen-bond acceptors (Lipinski definition) is 4. The number of ether oxygens (including phenoxy) is 2. The number of fused-ring (bicyclic) bond motifs is 1. The number of esters is 1. The van der Waals surface area contributed by atoms with Crippen molar-refractivity contribution in [2.24, 2.45) is 0 Å². The van der Waals surface area contributed by atoms with Gasteiger partial charge in [-0.2, -0.15) is 0 Å². The largest absolute Gasteiger partial charge is 0.465 e. The fourth-order valence-electron chi connectivity index (χ4n) is 2.25. The molecule has 0 saturated heterocycles. The molecule has 24 heavy (non-hydrogen) atoms. The van der Waals surface area contributed by atoms with Gasteiger partial charge in [0.05, 0.1) is 12.7 Å². The van der Waals surface area contributed by atoms with Gasteiger partial charge < -0.3 is 15.2 Å². The molecule has 0 aliphatic rings. The van der Waals surface area contributed by atoms with Gasteiger partial charge in [0, 0.05) is 11.1 Å². The van der Waals surface area contributed by atoms with Crippen LogP contribution in [0.3, 0.4) is 0 Å². The summed E-state index contributed by atoms with van der Waals surface area (Å²) in [6.45, 7) is 4.00. The molecule has 3 rings (SSSR count). The molecule has 0 saturated carbocycles. The molecule has 0 aliphatic heterocycles. The monoisotopic (exact) mass is 323 g/mol. The summed E-state index contributed by atoms with van der Waals surface area (Å²) < 4.78 is 10.6. The second kappa shape index (κ2) is 8.02. The van der Waals surface area contributed by atoms with Crippen molar-refractivity contribution in [2.45, 2.75) is 13.8 Å². The first-order chi connectivity index (χ1) is 11.7. The van der Waals surface area contributed by atoms with Crippen LogP contribution in [0.5, 0.6) is 11.5 Å². The zero-order chi connectivity index (χ0) is 17.5. The maximum atomic E-state index is 11.6. The average Bonchev–Trinajstić information content (AvgIpc) is 2.64. The van der Waals surface area contributed by atoms with Gasteiger partial charge in [-0.15, -0.1) is 0 Å². The number of nitrogen functional groups attached to an aromatic ring is 1. The van der Waals surface area contributed by atoms with Gasteiger partial charge in [-0.3, -0.25) is 0 Å². The van der Waals surface area contributed by atoms with Gasteiger partial charge in [-0.1, -0.05) is 26.0 Å². The third-order valence-electron chi connectivity index (χ3n) is 3.37. The number of benzene rings is 3. The van der Waals surface area contributed by atoms with Gasteiger partial charge in [0.1, 0.15) is 11.5 Å². The van der Waals surface area contributed by atoms with E-state index >= 15 is 0 Å². The molecule has 0 radical (unpaired) electrons. The molecule has 3 aromatic carbocycles. The lowest BCUT2D eigenvalue weighted by Gasteiger charge is -2.10. The first kappa shape index (κ1) is 17.3. The van der Waals surface area contributed by atoms with E-state index in [-0.39, 0.29) is 5.97 Å². The van der Waals surface area contributed by atoms with Gasteiger partial charge in [-0.05, 0) is 53.9 Å². The minimum absolute atomic E-state index is 0.355. The molecule has 3 aromatic rings. The van der Waals surface area contributed by atoms with Crippen LogP contribution in [0.2, 0.25) is 0 Å². The van der Waals surface area contributed by atoms with Gasteiger partial charge in [-0.25, -0.2) is 4.79 Å². The summed E-state index contributed by atoms with van der Waals surface area (Å²) in [6.07, 6.45) is 0. The van der Waals surface area contributed by atoms with Crippen molar-refractivity contribution in [2.75, 3.05) is 12.8 Å². The average molecular weight is 323 g/mol. The lowest BCUT2D eigenvalue weighted by Crippen LogP contribution is -2.00. The molecule has 4 nitrogen and oxygen atoms in total. The number of carbonyl (C=O) groups excluding carboxylic acids is 1. The van der Waals surface area contributed by atoms with E-state index in [9.17, 15) is 4.79 Å². The fourth-order valence-corrected chi connectivity index (χ4v) is 2.25. The Balaban J connectivity index is 0.00000100. The van der Waals surface area contributed by atoms with E-state index in [0.29, 0.717) is 17.0 Å². The zero-order valence-electron chi connectivity index (χ0n) is 14.1. The van der Waals surface area contributed by atoms with E-state index in [4.69, 9.17) is 15.2 Å². The van der Waals surface area contributed by atoms with E-state index in [1.165, 1.54) is 7.11 Å². The standard InChI is InChI=1S/C18H15NO3.C2H6/c1-21-18(20)13-5-10-16-12(11-13)3-2-4-17(16)22-15-8-6-14(19)7-9-15;1-2/h2-11H,19H2,1H3;1-2H3. The quantitative estimate of drug-likeness (QED) is 0.542. The van der Waals surface area contributed by atoms with E-state index in [1.54, 1.807) is 24.3 Å². The topological polar surface area (TPSA) is 61.5 Å². The highest BCUT2D eigenvalue weighted by Crippen LogP contribution is 2.30. The van der Waals surface area contributed by atoms with Crippen LogP contribution in [0.4, 0.5) is 5.69 Å². The zero-order valence-corrected chi connectivity index (χ0v) is 14.1. The first-order valence-corrected chi connectivity index (χ1v) is 7.82. The Morgan fingerprint density at radius 3 is 2.33 bits per heavy atom. The Morgan fingerprint density at radius 2 is 1.67 bits per heavy atom. The van der Waals surface area contributed by atoms with Gasteiger partial charge in [0.2, 0.25) is 0 Å². The van der Waals surface area contributed by atoms with Crippen molar-refractivity contribution in [1.29, 1.82) is 0 Å². The second-order valence-corrected chi connectivity index (χ2v) is 4.85. The molecule has 0 fully saturated rings. The minimum atomic E-state index is -0.355. The Kier molecular flexibility index (Phi) is 5.79. The van der Waals surface area contributed by atoms with E-state index in [0.717, 1.165) is 16.5 Å². The van der Waals surface area contributed by atoms with E-state index in [1.807, 2.05) is 50.2 Å². The van der Waals surface area contributed by atoms with Crippen LogP contribution >= 0.6 is 0 Å². The predicted molar refractivity (Wildman–Crippen MR) is 97.6 cm³/mol. The summed E-state index contributed by atoms with van der Waals surface area (Å²) in [6, 6.07) is 18.3. The van der Waals surface area contributed by atoms with Crippen LogP contribution in [0.25, 0.3) is 10.8 Å². The lowest BCUT2D eigenvalue weighted by molar-refractivity contribution is 0.0601. The van der Waals surface area contributed by atoms with Crippen LogP contribution in [0, 0.1) is 0 Å². The minimum Gasteiger partial charge on any atom is -0.465 e. The third kappa shape index (κ3) is 3.84. The van der Waals surface area contributed by atoms with Crippen molar-refractivity contribution in [3.05, 3.63) is 66.2 Å². The molecule has 0 heterocycles. The smallest absolute Gasteiger partial charge is 0.337 e. The van der Waals surface area contributed by atoms with E-state index in [2.05, 4.69) is 0 Å². The number of carbonyl (C=O) groups is 1. The molecule has 0 bridgehead atoms. The number of rotatable bonds is 3. The molecule has 2 N–H and O–H groups in total. The van der Waals surface area contributed by atoms with Gasteiger partial charge in [0.25, 0.3) is 0 Å². The third-order valence-corrected chi connectivity index (χ3v) is 3.37.